The maximum Gasteiger partial charge on any atom is 0.234 e. The van der Waals surface area contributed by atoms with Crippen molar-refractivity contribution in [3.05, 3.63) is 81.8 Å². The van der Waals surface area contributed by atoms with Crippen molar-refractivity contribution in [3.63, 3.8) is 0 Å². The Labute approximate surface area is 216 Å². The minimum Gasteiger partial charge on any atom is -0.494 e. The van der Waals surface area contributed by atoms with Gasteiger partial charge >= 0.3 is 0 Å². The molecule has 0 aliphatic heterocycles. The normalized spacial score (nSPS) is 10.8. The fourth-order valence-electron chi connectivity index (χ4n) is 3.22. The van der Waals surface area contributed by atoms with Crippen LogP contribution >= 0.6 is 46.6 Å². The maximum absolute atomic E-state index is 12.6. The molecule has 0 atom stereocenters. The lowest BCUT2D eigenvalue weighted by atomic mass is 10.2. The molecule has 3 aromatic carbocycles. The molecule has 0 radical (unpaired) electrons. The van der Waals surface area contributed by atoms with Crippen molar-refractivity contribution in [1.82, 2.24) is 14.8 Å². The van der Waals surface area contributed by atoms with E-state index in [2.05, 4.69) is 15.5 Å². The monoisotopic (exact) mass is 532 g/mol. The fourth-order valence-corrected chi connectivity index (χ4v) is 4.69. The second-order valence-corrected chi connectivity index (χ2v) is 9.33. The molecular weight excluding hydrogens is 515 g/mol. The number of thioether (sulfide) groups is 1. The number of anilines is 1. The number of carbonyl (C=O) groups is 1. The number of amides is 1. The molecule has 174 valence electrons. The van der Waals surface area contributed by atoms with E-state index in [0.717, 1.165) is 17.0 Å². The SMILES string of the molecule is CCOc1ccc(-n2c(SCC(=O)Nc3cc(Cl)cc(Cl)c3)nnc2-c2cccc(Cl)c2)cc1. The summed E-state index contributed by atoms with van der Waals surface area (Å²) < 4.78 is 7.44. The standard InChI is InChI=1S/C24H19Cl3N4O2S/c1-2-33-21-8-6-20(7-9-21)31-23(15-4-3-5-16(25)10-15)29-30-24(31)34-14-22(32)28-19-12-17(26)11-18(27)13-19/h3-13H,2,14H2,1H3,(H,28,32). The molecule has 0 fully saturated rings. The highest BCUT2D eigenvalue weighted by Gasteiger charge is 2.18. The highest BCUT2D eigenvalue weighted by molar-refractivity contribution is 7.99. The second kappa shape index (κ2) is 11.1. The van der Waals surface area contributed by atoms with E-state index in [1.54, 1.807) is 24.3 Å². The summed E-state index contributed by atoms with van der Waals surface area (Å²) in [5.41, 5.74) is 2.16. The van der Waals surface area contributed by atoms with Gasteiger partial charge in [0.2, 0.25) is 5.91 Å². The van der Waals surface area contributed by atoms with Gasteiger partial charge in [0.05, 0.1) is 12.4 Å². The second-order valence-electron chi connectivity index (χ2n) is 7.07. The third kappa shape index (κ3) is 6.04. The smallest absolute Gasteiger partial charge is 0.234 e. The minimum atomic E-state index is -0.228. The van der Waals surface area contributed by atoms with Crippen molar-refractivity contribution < 1.29 is 9.53 Å². The predicted octanol–water partition coefficient (Wildman–Crippen LogP) is 7.02. The van der Waals surface area contributed by atoms with Gasteiger partial charge in [-0.3, -0.25) is 9.36 Å². The zero-order chi connectivity index (χ0) is 24.1. The van der Waals surface area contributed by atoms with Crippen LogP contribution in [0.2, 0.25) is 15.1 Å². The predicted molar refractivity (Wildman–Crippen MR) is 139 cm³/mol. The van der Waals surface area contributed by atoms with E-state index in [1.165, 1.54) is 11.8 Å². The molecule has 34 heavy (non-hydrogen) atoms. The molecule has 0 saturated carbocycles. The topological polar surface area (TPSA) is 69.0 Å². The Bertz CT molecular complexity index is 1290. The molecular formula is C24H19Cl3N4O2S. The minimum absolute atomic E-state index is 0.106. The van der Waals surface area contributed by atoms with Crippen LogP contribution in [0.3, 0.4) is 0 Å². The van der Waals surface area contributed by atoms with E-state index in [0.29, 0.717) is 38.3 Å². The third-order valence-electron chi connectivity index (χ3n) is 4.60. The molecule has 0 aliphatic rings. The van der Waals surface area contributed by atoms with Crippen molar-refractivity contribution in [2.24, 2.45) is 0 Å². The fraction of sp³-hybridized carbons (Fsp3) is 0.125. The van der Waals surface area contributed by atoms with Crippen LogP contribution in [0.15, 0.2) is 71.9 Å². The Morgan fingerprint density at radius 3 is 2.38 bits per heavy atom. The van der Waals surface area contributed by atoms with E-state index in [-0.39, 0.29) is 11.7 Å². The van der Waals surface area contributed by atoms with Gasteiger partial charge < -0.3 is 10.1 Å². The van der Waals surface area contributed by atoms with E-state index >= 15 is 0 Å². The molecule has 10 heteroatoms. The molecule has 1 heterocycles. The van der Waals surface area contributed by atoms with E-state index in [4.69, 9.17) is 39.5 Å². The van der Waals surface area contributed by atoms with Gasteiger partial charge in [0.25, 0.3) is 0 Å². The summed E-state index contributed by atoms with van der Waals surface area (Å²) in [6.07, 6.45) is 0. The Kier molecular flexibility index (Phi) is 8.00. The third-order valence-corrected chi connectivity index (χ3v) is 6.20. The largest absolute Gasteiger partial charge is 0.494 e. The Balaban J connectivity index is 1.61. The average Bonchev–Trinajstić information content (AvgIpc) is 3.22. The van der Waals surface area contributed by atoms with Gasteiger partial charge in [-0.05, 0) is 61.5 Å². The van der Waals surface area contributed by atoms with Crippen LogP contribution < -0.4 is 10.1 Å². The van der Waals surface area contributed by atoms with Crippen LogP contribution in [0.25, 0.3) is 17.1 Å². The highest BCUT2D eigenvalue weighted by Crippen LogP contribution is 2.30. The van der Waals surface area contributed by atoms with Crippen molar-refractivity contribution in [1.29, 1.82) is 0 Å². The van der Waals surface area contributed by atoms with E-state index < -0.39 is 0 Å². The van der Waals surface area contributed by atoms with Gasteiger partial charge in [-0.1, -0.05) is 58.7 Å². The van der Waals surface area contributed by atoms with Crippen LogP contribution in [0, 0.1) is 0 Å². The van der Waals surface area contributed by atoms with Crippen molar-refractivity contribution >= 4 is 58.2 Å². The van der Waals surface area contributed by atoms with Gasteiger partial charge in [-0.25, -0.2) is 0 Å². The zero-order valence-electron chi connectivity index (χ0n) is 18.0. The lowest BCUT2D eigenvalue weighted by Crippen LogP contribution is -2.14. The molecule has 4 rings (SSSR count). The van der Waals surface area contributed by atoms with Gasteiger partial charge in [-0.15, -0.1) is 10.2 Å². The van der Waals surface area contributed by atoms with Crippen LogP contribution in [0.1, 0.15) is 6.92 Å². The Hall–Kier alpha value is -2.71. The number of ether oxygens (including phenoxy) is 1. The molecule has 0 unspecified atom stereocenters. The molecule has 1 amide bonds. The van der Waals surface area contributed by atoms with Crippen LogP contribution in [-0.4, -0.2) is 33.0 Å². The van der Waals surface area contributed by atoms with Crippen molar-refractivity contribution in [3.8, 4) is 22.8 Å². The molecule has 1 N–H and O–H groups in total. The first-order valence-electron chi connectivity index (χ1n) is 10.3. The molecule has 0 spiro atoms. The summed E-state index contributed by atoms with van der Waals surface area (Å²) in [4.78, 5) is 12.6. The van der Waals surface area contributed by atoms with E-state index in [9.17, 15) is 4.79 Å². The lowest BCUT2D eigenvalue weighted by Gasteiger charge is -2.12. The first kappa shape index (κ1) is 24.4. The Morgan fingerprint density at radius 2 is 1.71 bits per heavy atom. The number of nitrogens with one attached hydrogen (secondary N) is 1. The molecule has 6 nitrogen and oxygen atoms in total. The average molecular weight is 534 g/mol. The van der Waals surface area contributed by atoms with Crippen molar-refractivity contribution in [2.75, 3.05) is 17.7 Å². The summed E-state index contributed by atoms with van der Waals surface area (Å²) in [5, 5.41) is 13.6. The maximum atomic E-state index is 12.6. The van der Waals surface area contributed by atoms with Crippen molar-refractivity contribution in [2.45, 2.75) is 12.1 Å². The number of hydrogen-bond acceptors (Lipinski definition) is 5. The van der Waals surface area contributed by atoms with Gasteiger partial charge in [0.1, 0.15) is 5.75 Å². The first-order valence-corrected chi connectivity index (χ1v) is 12.4. The number of rotatable bonds is 8. The number of nitrogens with zero attached hydrogens (tertiary/aromatic N) is 3. The number of aromatic nitrogens is 3. The molecule has 1 aromatic heterocycles. The van der Waals surface area contributed by atoms with Gasteiger partial charge in [0, 0.05) is 32.0 Å². The zero-order valence-corrected chi connectivity index (χ0v) is 21.0. The number of carbonyl (C=O) groups excluding carboxylic acids is 1. The number of halogens is 3. The first-order chi connectivity index (χ1) is 16.4. The van der Waals surface area contributed by atoms with E-state index in [1.807, 2.05) is 54.0 Å². The Morgan fingerprint density at radius 1 is 0.971 bits per heavy atom. The van der Waals surface area contributed by atoms with Crippen LogP contribution in [-0.2, 0) is 4.79 Å². The number of benzene rings is 3. The molecule has 0 bridgehead atoms. The van der Waals surface area contributed by atoms with Crippen LogP contribution in [0.5, 0.6) is 5.75 Å². The molecule has 0 aliphatic carbocycles. The summed E-state index contributed by atoms with van der Waals surface area (Å²) >= 11 is 19.5. The summed E-state index contributed by atoms with van der Waals surface area (Å²) in [6, 6.07) is 19.8. The summed E-state index contributed by atoms with van der Waals surface area (Å²) in [6.45, 7) is 2.51. The van der Waals surface area contributed by atoms with Crippen LogP contribution in [0.4, 0.5) is 5.69 Å². The molecule has 4 aromatic rings. The molecule has 0 saturated heterocycles. The number of hydrogen-bond donors (Lipinski definition) is 1. The van der Waals surface area contributed by atoms with Gasteiger partial charge in [-0.2, -0.15) is 0 Å². The highest BCUT2D eigenvalue weighted by atomic mass is 35.5. The summed E-state index contributed by atoms with van der Waals surface area (Å²) in [5.74, 6) is 1.25. The van der Waals surface area contributed by atoms with Gasteiger partial charge in [0.15, 0.2) is 11.0 Å². The quantitative estimate of drug-likeness (QED) is 0.246. The summed E-state index contributed by atoms with van der Waals surface area (Å²) in [7, 11) is 0. The lowest BCUT2D eigenvalue weighted by molar-refractivity contribution is -0.113.